The van der Waals surface area contributed by atoms with Crippen LogP contribution in [0.5, 0.6) is 17.2 Å². The third-order valence-corrected chi connectivity index (χ3v) is 3.33. The molecule has 0 saturated heterocycles. The molecular formula is C16H15ClN2O4. The molecule has 120 valence electrons. The summed E-state index contributed by atoms with van der Waals surface area (Å²) < 4.78 is 5.32. The number of phenolic OH excluding ortho intramolecular Hbond substituents is 2. The number of hydrazone groups is 1. The van der Waals surface area contributed by atoms with E-state index >= 15 is 0 Å². The summed E-state index contributed by atoms with van der Waals surface area (Å²) in [5.41, 5.74) is 3.49. The van der Waals surface area contributed by atoms with E-state index < -0.39 is 5.91 Å². The molecular weight excluding hydrogens is 320 g/mol. The van der Waals surface area contributed by atoms with Crippen LogP contribution >= 0.6 is 11.6 Å². The van der Waals surface area contributed by atoms with Crippen LogP contribution in [0.25, 0.3) is 0 Å². The van der Waals surface area contributed by atoms with Crippen molar-refractivity contribution in [3.63, 3.8) is 0 Å². The van der Waals surface area contributed by atoms with Crippen LogP contribution in [0, 0.1) is 6.92 Å². The molecule has 1 amide bonds. The molecule has 0 aliphatic heterocycles. The second-order valence-corrected chi connectivity index (χ2v) is 5.14. The molecule has 3 N–H and O–H groups in total. The van der Waals surface area contributed by atoms with Crippen LogP contribution in [0.2, 0.25) is 5.02 Å². The van der Waals surface area contributed by atoms with Gasteiger partial charge in [-0.15, -0.1) is 0 Å². The topological polar surface area (TPSA) is 91.2 Å². The largest absolute Gasteiger partial charge is 0.508 e. The van der Waals surface area contributed by atoms with Crippen molar-refractivity contribution in [1.82, 2.24) is 5.43 Å². The molecule has 2 aromatic carbocycles. The molecule has 2 rings (SSSR count). The Bertz CT molecular complexity index is 747. The third-order valence-electron chi connectivity index (χ3n) is 2.91. The molecule has 2 aromatic rings. The number of nitrogens with one attached hydrogen (secondary N) is 1. The molecule has 0 unspecified atom stereocenters. The number of rotatable bonds is 5. The molecule has 0 heterocycles. The van der Waals surface area contributed by atoms with Gasteiger partial charge < -0.3 is 14.9 Å². The molecule has 23 heavy (non-hydrogen) atoms. The van der Waals surface area contributed by atoms with Gasteiger partial charge in [0.05, 0.1) is 6.21 Å². The summed E-state index contributed by atoms with van der Waals surface area (Å²) in [4.78, 5) is 11.6. The van der Waals surface area contributed by atoms with E-state index in [1.807, 2.05) is 6.92 Å². The van der Waals surface area contributed by atoms with Crippen molar-refractivity contribution >= 4 is 23.7 Å². The molecule has 0 spiro atoms. The van der Waals surface area contributed by atoms with Gasteiger partial charge in [0.1, 0.15) is 17.2 Å². The van der Waals surface area contributed by atoms with Gasteiger partial charge in [0.2, 0.25) is 0 Å². The number of benzene rings is 2. The molecule has 0 atom stereocenters. The zero-order valence-corrected chi connectivity index (χ0v) is 13.0. The van der Waals surface area contributed by atoms with Gasteiger partial charge >= 0.3 is 0 Å². The Balaban J connectivity index is 1.85. The Morgan fingerprint density at radius 2 is 2.09 bits per heavy atom. The highest BCUT2D eigenvalue weighted by Gasteiger charge is 2.04. The first-order chi connectivity index (χ1) is 11.0. The lowest BCUT2D eigenvalue weighted by Crippen LogP contribution is -2.24. The van der Waals surface area contributed by atoms with Crippen LogP contribution in [0.15, 0.2) is 41.5 Å². The monoisotopic (exact) mass is 334 g/mol. The smallest absolute Gasteiger partial charge is 0.277 e. The van der Waals surface area contributed by atoms with E-state index in [2.05, 4.69) is 10.5 Å². The quantitative estimate of drug-likeness (QED) is 0.579. The number of ether oxygens (including phenoxy) is 1. The van der Waals surface area contributed by atoms with E-state index in [-0.39, 0.29) is 18.1 Å². The van der Waals surface area contributed by atoms with Gasteiger partial charge in [0.25, 0.3) is 5.91 Å². The van der Waals surface area contributed by atoms with Crippen molar-refractivity contribution < 1.29 is 19.7 Å². The van der Waals surface area contributed by atoms with E-state index in [1.54, 1.807) is 18.2 Å². The number of aryl methyl sites for hydroxylation is 1. The normalized spacial score (nSPS) is 10.7. The van der Waals surface area contributed by atoms with Crippen LogP contribution in [-0.2, 0) is 4.79 Å². The fourth-order valence-electron chi connectivity index (χ4n) is 1.70. The van der Waals surface area contributed by atoms with Gasteiger partial charge in [-0.3, -0.25) is 4.79 Å². The number of aromatic hydroxyl groups is 2. The minimum Gasteiger partial charge on any atom is -0.508 e. The minimum atomic E-state index is -0.452. The van der Waals surface area contributed by atoms with E-state index in [0.717, 1.165) is 5.56 Å². The second kappa shape index (κ2) is 7.51. The Hall–Kier alpha value is -2.73. The van der Waals surface area contributed by atoms with Crippen molar-refractivity contribution in [2.45, 2.75) is 6.92 Å². The van der Waals surface area contributed by atoms with Crippen LogP contribution in [-0.4, -0.2) is 28.9 Å². The first kappa shape index (κ1) is 16.6. The Labute approximate surface area is 138 Å². The fourth-order valence-corrected chi connectivity index (χ4v) is 1.82. The van der Waals surface area contributed by atoms with Crippen molar-refractivity contribution in [3.05, 3.63) is 52.5 Å². The standard InChI is InChI=1S/C16H15ClN2O4/c1-10-6-13(4-5-14(10)17)23-9-16(22)19-18-8-11-2-3-12(20)7-15(11)21/h2-8,20-21H,9H2,1H3,(H,19,22). The number of halogens is 1. The fraction of sp³-hybridized carbons (Fsp3) is 0.125. The number of phenols is 2. The molecule has 6 nitrogen and oxygen atoms in total. The lowest BCUT2D eigenvalue weighted by atomic mass is 10.2. The molecule has 0 aliphatic rings. The van der Waals surface area contributed by atoms with Crippen LogP contribution in [0.3, 0.4) is 0 Å². The van der Waals surface area contributed by atoms with Crippen molar-refractivity contribution in [3.8, 4) is 17.2 Å². The second-order valence-electron chi connectivity index (χ2n) is 4.74. The Kier molecular flexibility index (Phi) is 5.43. The van der Waals surface area contributed by atoms with Gasteiger partial charge in [0.15, 0.2) is 6.61 Å². The molecule has 0 fully saturated rings. The summed E-state index contributed by atoms with van der Waals surface area (Å²) in [6, 6.07) is 9.13. The third kappa shape index (κ3) is 4.89. The first-order valence-corrected chi connectivity index (χ1v) is 7.06. The van der Waals surface area contributed by atoms with E-state index in [1.165, 1.54) is 24.4 Å². The van der Waals surface area contributed by atoms with Crippen molar-refractivity contribution in [2.24, 2.45) is 5.10 Å². The van der Waals surface area contributed by atoms with Gasteiger partial charge in [-0.25, -0.2) is 5.43 Å². The van der Waals surface area contributed by atoms with Crippen molar-refractivity contribution in [1.29, 1.82) is 0 Å². The number of nitrogens with zero attached hydrogens (tertiary/aromatic N) is 1. The number of hydrogen-bond acceptors (Lipinski definition) is 5. The maximum Gasteiger partial charge on any atom is 0.277 e. The number of carbonyl (C=O) groups excluding carboxylic acids is 1. The summed E-state index contributed by atoms with van der Waals surface area (Å²) in [6.45, 7) is 1.63. The summed E-state index contributed by atoms with van der Waals surface area (Å²) in [5.74, 6) is -0.124. The van der Waals surface area contributed by atoms with Gasteiger partial charge in [-0.2, -0.15) is 5.10 Å². The lowest BCUT2D eigenvalue weighted by molar-refractivity contribution is -0.123. The SMILES string of the molecule is Cc1cc(OCC(=O)NN=Cc2ccc(O)cc2O)ccc1Cl. The summed E-state index contributed by atoms with van der Waals surface area (Å²) in [6.07, 6.45) is 1.26. The van der Waals surface area contributed by atoms with Crippen molar-refractivity contribution in [2.75, 3.05) is 6.61 Å². The average Bonchev–Trinajstić information content (AvgIpc) is 2.50. The van der Waals surface area contributed by atoms with E-state index in [4.69, 9.17) is 21.4 Å². The van der Waals surface area contributed by atoms with Crippen LogP contribution in [0.1, 0.15) is 11.1 Å². The molecule has 0 aromatic heterocycles. The van der Waals surface area contributed by atoms with Crippen LogP contribution in [0.4, 0.5) is 0 Å². The average molecular weight is 335 g/mol. The maximum absolute atomic E-state index is 11.6. The number of amides is 1. The van der Waals surface area contributed by atoms with Gasteiger partial charge in [-0.05, 0) is 42.8 Å². The first-order valence-electron chi connectivity index (χ1n) is 6.68. The summed E-state index contributed by atoms with van der Waals surface area (Å²) in [7, 11) is 0. The molecule has 7 heteroatoms. The maximum atomic E-state index is 11.6. The molecule has 0 radical (unpaired) electrons. The Morgan fingerprint density at radius 1 is 1.30 bits per heavy atom. The summed E-state index contributed by atoms with van der Waals surface area (Å²) in [5, 5.41) is 23.1. The van der Waals surface area contributed by atoms with Gasteiger partial charge in [0, 0.05) is 16.7 Å². The molecule has 0 aliphatic carbocycles. The summed E-state index contributed by atoms with van der Waals surface area (Å²) >= 11 is 5.90. The van der Waals surface area contributed by atoms with Gasteiger partial charge in [-0.1, -0.05) is 11.6 Å². The number of carbonyl (C=O) groups is 1. The zero-order chi connectivity index (χ0) is 16.8. The highest BCUT2D eigenvalue weighted by molar-refractivity contribution is 6.31. The minimum absolute atomic E-state index is 0.0599. The number of hydrogen-bond donors (Lipinski definition) is 3. The Morgan fingerprint density at radius 3 is 2.78 bits per heavy atom. The van der Waals surface area contributed by atoms with Crippen LogP contribution < -0.4 is 10.2 Å². The highest BCUT2D eigenvalue weighted by atomic mass is 35.5. The molecule has 0 saturated carbocycles. The highest BCUT2D eigenvalue weighted by Crippen LogP contribution is 2.21. The zero-order valence-electron chi connectivity index (χ0n) is 12.3. The predicted molar refractivity (Wildman–Crippen MR) is 87.2 cm³/mol. The van der Waals surface area contributed by atoms with E-state index in [9.17, 15) is 9.90 Å². The molecule has 0 bridgehead atoms. The van der Waals surface area contributed by atoms with E-state index in [0.29, 0.717) is 16.3 Å². The lowest BCUT2D eigenvalue weighted by Gasteiger charge is -2.06. The predicted octanol–water partition coefficient (Wildman–Crippen LogP) is 2.59.